The molecule has 1 atom stereocenters. The molecule has 0 saturated carbocycles. The Hall–Kier alpha value is -1.37. The highest BCUT2D eigenvalue weighted by atomic mass is 35.5. The summed E-state index contributed by atoms with van der Waals surface area (Å²) in [5.74, 6) is -0.137. The molecule has 0 aliphatic carbocycles. The van der Waals surface area contributed by atoms with Crippen LogP contribution in [0.4, 0.5) is 10.1 Å². The van der Waals surface area contributed by atoms with E-state index in [4.69, 9.17) is 5.73 Å². The summed E-state index contributed by atoms with van der Waals surface area (Å²) in [4.78, 5) is 16.4. The van der Waals surface area contributed by atoms with Gasteiger partial charge in [-0.25, -0.2) is 4.39 Å². The van der Waals surface area contributed by atoms with Gasteiger partial charge in [-0.15, -0.1) is 12.4 Å². The zero-order valence-corrected chi connectivity index (χ0v) is 15.2. The van der Waals surface area contributed by atoms with Crippen LogP contribution in [0.25, 0.3) is 0 Å². The van der Waals surface area contributed by atoms with Gasteiger partial charge in [0, 0.05) is 45.0 Å². The number of amides is 1. The Morgan fingerprint density at radius 2 is 1.79 bits per heavy atom. The molecule has 1 aliphatic heterocycles. The van der Waals surface area contributed by atoms with Crippen LogP contribution in [0.2, 0.25) is 0 Å². The quantitative estimate of drug-likeness (QED) is 0.808. The molecule has 0 bridgehead atoms. The van der Waals surface area contributed by atoms with Gasteiger partial charge in [-0.3, -0.25) is 9.69 Å². The van der Waals surface area contributed by atoms with Crippen LogP contribution >= 0.6 is 12.4 Å². The molecule has 24 heavy (non-hydrogen) atoms. The second-order valence-corrected chi connectivity index (χ2v) is 6.37. The fraction of sp³-hybridized carbons (Fsp3) is 0.588. The second-order valence-electron chi connectivity index (χ2n) is 6.37. The van der Waals surface area contributed by atoms with Crippen molar-refractivity contribution in [2.45, 2.75) is 19.9 Å². The maximum atomic E-state index is 13.0. The summed E-state index contributed by atoms with van der Waals surface area (Å²) in [5, 5.41) is 2.90. The number of nitrogens with one attached hydrogen (secondary N) is 1. The average molecular weight is 359 g/mol. The topological polar surface area (TPSA) is 61.6 Å². The molecule has 3 N–H and O–H groups in total. The Balaban J connectivity index is 0.00000288. The molecule has 0 radical (unpaired) electrons. The van der Waals surface area contributed by atoms with Gasteiger partial charge in [0.15, 0.2) is 0 Å². The minimum atomic E-state index is -0.440. The smallest absolute Gasteiger partial charge is 0.237 e. The summed E-state index contributed by atoms with van der Waals surface area (Å²) in [7, 11) is 0. The van der Waals surface area contributed by atoms with Crippen molar-refractivity contribution < 1.29 is 9.18 Å². The molecule has 1 amide bonds. The fourth-order valence-corrected chi connectivity index (χ4v) is 2.64. The first kappa shape index (κ1) is 20.7. The third-order valence-corrected chi connectivity index (χ3v) is 4.31. The van der Waals surface area contributed by atoms with Crippen LogP contribution in [-0.2, 0) is 4.79 Å². The Morgan fingerprint density at radius 3 is 2.33 bits per heavy atom. The lowest BCUT2D eigenvalue weighted by Gasteiger charge is -2.36. The standard InChI is InChI=1S/C17H27FN4O.ClH/c1-13(2)16(19)17(23)20-7-8-21-9-11-22(12-10-21)15-5-3-14(18)4-6-15;/h3-6,13,16H,7-12,19H2,1-2H3,(H,20,23);1H/t16-;/m0./s1. The largest absolute Gasteiger partial charge is 0.369 e. The lowest BCUT2D eigenvalue weighted by molar-refractivity contribution is -0.123. The number of piperazine rings is 1. The number of benzene rings is 1. The molecule has 1 heterocycles. The van der Waals surface area contributed by atoms with Gasteiger partial charge in [-0.2, -0.15) is 0 Å². The zero-order chi connectivity index (χ0) is 16.8. The van der Waals surface area contributed by atoms with Gasteiger partial charge in [0.25, 0.3) is 0 Å². The summed E-state index contributed by atoms with van der Waals surface area (Å²) >= 11 is 0. The Kier molecular flexibility index (Phi) is 8.45. The number of carbonyl (C=O) groups is 1. The van der Waals surface area contributed by atoms with Crippen LogP contribution < -0.4 is 16.0 Å². The Morgan fingerprint density at radius 1 is 1.21 bits per heavy atom. The van der Waals surface area contributed by atoms with E-state index in [-0.39, 0.29) is 30.0 Å². The van der Waals surface area contributed by atoms with E-state index in [2.05, 4.69) is 15.1 Å². The average Bonchev–Trinajstić information content (AvgIpc) is 2.55. The molecule has 1 fully saturated rings. The normalized spacial score (nSPS) is 16.6. The molecule has 7 heteroatoms. The van der Waals surface area contributed by atoms with Crippen LogP contribution in [0.1, 0.15) is 13.8 Å². The van der Waals surface area contributed by atoms with E-state index in [9.17, 15) is 9.18 Å². The number of anilines is 1. The van der Waals surface area contributed by atoms with Gasteiger partial charge in [-0.1, -0.05) is 13.8 Å². The Labute approximate surface area is 149 Å². The van der Waals surface area contributed by atoms with Crippen molar-refractivity contribution in [3.05, 3.63) is 30.1 Å². The summed E-state index contributed by atoms with van der Waals surface area (Å²) < 4.78 is 13.0. The highest BCUT2D eigenvalue weighted by Gasteiger charge is 2.19. The second kappa shape index (κ2) is 9.81. The highest BCUT2D eigenvalue weighted by Crippen LogP contribution is 2.16. The summed E-state index contributed by atoms with van der Waals surface area (Å²) in [6.45, 7) is 9.02. The lowest BCUT2D eigenvalue weighted by atomic mass is 10.1. The molecule has 1 aromatic rings. The van der Waals surface area contributed by atoms with E-state index in [1.54, 1.807) is 0 Å². The monoisotopic (exact) mass is 358 g/mol. The van der Waals surface area contributed by atoms with Crippen molar-refractivity contribution in [3.8, 4) is 0 Å². The molecule has 136 valence electrons. The van der Waals surface area contributed by atoms with Crippen LogP contribution in [0, 0.1) is 11.7 Å². The van der Waals surface area contributed by atoms with E-state index < -0.39 is 6.04 Å². The van der Waals surface area contributed by atoms with Crippen molar-refractivity contribution in [2.24, 2.45) is 11.7 Å². The van der Waals surface area contributed by atoms with Gasteiger partial charge in [0.05, 0.1) is 6.04 Å². The van der Waals surface area contributed by atoms with Gasteiger partial charge in [0.1, 0.15) is 5.82 Å². The first-order valence-corrected chi connectivity index (χ1v) is 8.23. The van der Waals surface area contributed by atoms with Gasteiger partial charge in [0.2, 0.25) is 5.91 Å². The SMILES string of the molecule is CC(C)[C@H](N)C(=O)NCCN1CCN(c2ccc(F)cc2)CC1.Cl. The molecular formula is C17H28ClFN4O. The van der Waals surface area contributed by atoms with Crippen molar-refractivity contribution >= 4 is 24.0 Å². The number of nitrogens with zero attached hydrogens (tertiary/aromatic N) is 2. The number of nitrogens with two attached hydrogens (primary N) is 1. The number of carbonyl (C=O) groups excluding carboxylic acids is 1. The van der Waals surface area contributed by atoms with E-state index in [1.165, 1.54) is 12.1 Å². The number of hydrogen-bond donors (Lipinski definition) is 2. The molecule has 0 unspecified atom stereocenters. The van der Waals surface area contributed by atoms with Crippen LogP contribution in [-0.4, -0.2) is 56.1 Å². The third kappa shape index (κ3) is 5.92. The highest BCUT2D eigenvalue weighted by molar-refractivity contribution is 5.85. The van der Waals surface area contributed by atoms with E-state index in [0.717, 1.165) is 38.4 Å². The first-order valence-electron chi connectivity index (χ1n) is 8.23. The third-order valence-electron chi connectivity index (χ3n) is 4.31. The fourth-order valence-electron chi connectivity index (χ4n) is 2.64. The molecule has 2 rings (SSSR count). The molecule has 1 aliphatic rings. The van der Waals surface area contributed by atoms with Crippen molar-refractivity contribution in [3.63, 3.8) is 0 Å². The van der Waals surface area contributed by atoms with E-state index in [0.29, 0.717) is 6.54 Å². The molecule has 5 nitrogen and oxygen atoms in total. The predicted molar refractivity (Wildman–Crippen MR) is 98.1 cm³/mol. The number of rotatable bonds is 6. The lowest BCUT2D eigenvalue weighted by Crippen LogP contribution is -2.50. The van der Waals surface area contributed by atoms with Crippen molar-refractivity contribution in [1.82, 2.24) is 10.2 Å². The van der Waals surface area contributed by atoms with Gasteiger partial charge in [-0.05, 0) is 30.2 Å². The van der Waals surface area contributed by atoms with Gasteiger partial charge >= 0.3 is 0 Å². The maximum absolute atomic E-state index is 13.0. The zero-order valence-electron chi connectivity index (χ0n) is 14.4. The summed E-state index contributed by atoms with van der Waals surface area (Å²) in [6, 6.07) is 6.19. The van der Waals surface area contributed by atoms with Crippen molar-refractivity contribution in [1.29, 1.82) is 0 Å². The molecular weight excluding hydrogens is 331 g/mol. The first-order chi connectivity index (χ1) is 11.0. The molecule has 0 spiro atoms. The van der Waals surface area contributed by atoms with E-state index >= 15 is 0 Å². The van der Waals surface area contributed by atoms with E-state index in [1.807, 2.05) is 26.0 Å². The molecule has 1 saturated heterocycles. The molecule has 1 aromatic carbocycles. The van der Waals surface area contributed by atoms with Gasteiger partial charge < -0.3 is 16.0 Å². The molecule has 0 aromatic heterocycles. The van der Waals surface area contributed by atoms with Crippen LogP contribution in [0.3, 0.4) is 0 Å². The minimum Gasteiger partial charge on any atom is -0.369 e. The van der Waals surface area contributed by atoms with Crippen molar-refractivity contribution in [2.75, 3.05) is 44.2 Å². The summed E-state index contributed by atoms with van der Waals surface area (Å²) in [5.41, 5.74) is 6.87. The van der Waals surface area contributed by atoms with Crippen LogP contribution in [0.5, 0.6) is 0 Å². The van der Waals surface area contributed by atoms with Crippen LogP contribution in [0.15, 0.2) is 24.3 Å². The maximum Gasteiger partial charge on any atom is 0.237 e. The number of hydrogen-bond acceptors (Lipinski definition) is 4. The summed E-state index contributed by atoms with van der Waals surface area (Å²) in [6.07, 6.45) is 0. The Bertz CT molecular complexity index is 504. The predicted octanol–water partition coefficient (Wildman–Crippen LogP) is 1.47. The minimum absolute atomic E-state index is 0. The number of halogens is 2.